The normalized spacial score (nSPS) is 20.0. The van der Waals surface area contributed by atoms with E-state index in [4.69, 9.17) is 5.11 Å². The second-order valence-electron chi connectivity index (χ2n) is 4.73. The molecule has 0 aromatic rings. The predicted octanol–water partition coefficient (Wildman–Crippen LogP) is -0.913. The van der Waals surface area contributed by atoms with Gasteiger partial charge in [-0.25, -0.2) is 4.72 Å². The molecule has 1 aliphatic rings. The van der Waals surface area contributed by atoms with Crippen molar-refractivity contribution in [2.45, 2.75) is 12.8 Å². The molecule has 1 aliphatic heterocycles. The Hall–Kier alpha value is -0.210. The quantitative estimate of drug-likeness (QED) is 0.652. The Morgan fingerprint density at radius 3 is 2.41 bits per heavy atom. The lowest BCUT2D eigenvalue weighted by atomic mass is 10.00. The summed E-state index contributed by atoms with van der Waals surface area (Å²) in [7, 11) is 0.472. The fraction of sp³-hybridized carbons (Fsp3) is 1.00. The van der Waals surface area contributed by atoms with Gasteiger partial charge >= 0.3 is 0 Å². The summed E-state index contributed by atoms with van der Waals surface area (Å²) >= 11 is 0. The number of aliphatic hydroxyl groups excluding tert-OH is 1. The molecule has 0 unspecified atom stereocenters. The zero-order valence-electron chi connectivity index (χ0n) is 10.6. The molecule has 0 atom stereocenters. The van der Waals surface area contributed by atoms with E-state index >= 15 is 0 Å². The van der Waals surface area contributed by atoms with Gasteiger partial charge in [0.25, 0.3) is 10.2 Å². The number of piperidine rings is 1. The number of nitrogens with zero attached hydrogens (tertiary/aromatic N) is 2. The van der Waals surface area contributed by atoms with E-state index in [-0.39, 0.29) is 12.5 Å². The highest BCUT2D eigenvalue weighted by atomic mass is 32.2. The molecule has 0 aliphatic carbocycles. The van der Waals surface area contributed by atoms with E-state index in [1.54, 1.807) is 0 Å². The minimum absolute atomic E-state index is 0.155. The molecule has 17 heavy (non-hydrogen) atoms. The maximum Gasteiger partial charge on any atom is 0.279 e. The standard InChI is InChI=1S/C10H23N3O3S/c1-12(2)8-5-11-17(15,16)13-6-3-10(9-14)4-7-13/h10-11,14H,3-9H2,1-2H3. The predicted molar refractivity (Wildman–Crippen MR) is 66.9 cm³/mol. The van der Waals surface area contributed by atoms with Crippen LogP contribution in [0, 0.1) is 5.92 Å². The zero-order valence-corrected chi connectivity index (χ0v) is 11.4. The van der Waals surface area contributed by atoms with Gasteiger partial charge in [0.05, 0.1) is 0 Å². The molecule has 0 radical (unpaired) electrons. The van der Waals surface area contributed by atoms with Crippen LogP contribution >= 0.6 is 0 Å². The Kier molecular flexibility index (Phi) is 5.81. The van der Waals surface area contributed by atoms with Crippen LogP contribution in [0.15, 0.2) is 0 Å². The highest BCUT2D eigenvalue weighted by molar-refractivity contribution is 7.87. The summed E-state index contributed by atoms with van der Waals surface area (Å²) in [5.41, 5.74) is 0. The maximum absolute atomic E-state index is 11.9. The third-order valence-corrected chi connectivity index (χ3v) is 4.63. The second-order valence-corrected chi connectivity index (χ2v) is 6.48. The van der Waals surface area contributed by atoms with E-state index in [9.17, 15) is 8.42 Å². The van der Waals surface area contributed by atoms with Crippen molar-refractivity contribution >= 4 is 10.2 Å². The summed E-state index contributed by atoms with van der Waals surface area (Å²) in [4.78, 5) is 1.93. The van der Waals surface area contributed by atoms with Gasteiger partial charge in [-0.15, -0.1) is 0 Å². The minimum atomic E-state index is -3.34. The van der Waals surface area contributed by atoms with Crippen molar-refractivity contribution in [2.24, 2.45) is 5.92 Å². The number of likely N-dealkylation sites (N-methyl/N-ethyl adjacent to an activating group) is 1. The van der Waals surface area contributed by atoms with Crippen molar-refractivity contribution in [3.05, 3.63) is 0 Å². The Morgan fingerprint density at radius 1 is 1.35 bits per heavy atom. The molecule has 0 amide bonds. The van der Waals surface area contributed by atoms with Crippen LogP contribution in [0.4, 0.5) is 0 Å². The highest BCUT2D eigenvalue weighted by Gasteiger charge is 2.27. The molecule has 7 heteroatoms. The molecule has 2 N–H and O–H groups in total. The third kappa shape index (κ3) is 4.89. The fourth-order valence-corrected chi connectivity index (χ4v) is 3.05. The molecule has 0 bridgehead atoms. The number of aliphatic hydroxyl groups is 1. The lowest BCUT2D eigenvalue weighted by Gasteiger charge is -2.30. The Labute approximate surface area is 104 Å². The molecular weight excluding hydrogens is 242 g/mol. The van der Waals surface area contributed by atoms with E-state index < -0.39 is 10.2 Å². The van der Waals surface area contributed by atoms with Crippen molar-refractivity contribution < 1.29 is 13.5 Å². The highest BCUT2D eigenvalue weighted by Crippen LogP contribution is 2.18. The molecule has 1 fully saturated rings. The van der Waals surface area contributed by atoms with Crippen LogP contribution in [-0.4, -0.2) is 69.6 Å². The van der Waals surface area contributed by atoms with E-state index in [1.807, 2.05) is 19.0 Å². The first-order valence-electron chi connectivity index (χ1n) is 5.96. The van der Waals surface area contributed by atoms with Crippen molar-refractivity contribution in [3.63, 3.8) is 0 Å². The average Bonchev–Trinajstić information content (AvgIpc) is 2.28. The molecule has 0 spiro atoms. The van der Waals surface area contributed by atoms with Crippen LogP contribution in [0.25, 0.3) is 0 Å². The molecule has 102 valence electrons. The van der Waals surface area contributed by atoms with Gasteiger partial charge in [-0.05, 0) is 32.9 Å². The van der Waals surface area contributed by atoms with Crippen LogP contribution in [0.3, 0.4) is 0 Å². The van der Waals surface area contributed by atoms with Crippen LogP contribution in [0.1, 0.15) is 12.8 Å². The fourth-order valence-electron chi connectivity index (χ4n) is 1.82. The lowest BCUT2D eigenvalue weighted by Crippen LogP contribution is -2.46. The van der Waals surface area contributed by atoms with Gasteiger partial charge in [0, 0.05) is 32.8 Å². The summed E-state index contributed by atoms with van der Waals surface area (Å²) in [6.45, 7) is 2.27. The van der Waals surface area contributed by atoms with Gasteiger partial charge in [-0.1, -0.05) is 0 Å². The molecule has 6 nitrogen and oxygen atoms in total. The average molecular weight is 265 g/mol. The van der Waals surface area contributed by atoms with Gasteiger partial charge in [-0.3, -0.25) is 0 Å². The molecular formula is C10H23N3O3S. The lowest BCUT2D eigenvalue weighted by molar-refractivity contribution is 0.169. The van der Waals surface area contributed by atoms with Crippen molar-refractivity contribution in [1.29, 1.82) is 0 Å². The van der Waals surface area contributed by atoms with Crippen LogP contribution in [-0.2, 0) is 10.2 Å². The van der Waals surface area contributed by atoms with Crippen LogP contribution in [0.2, 0.25) is 0 Å². The topological polar surface area (TPSA) is 72.9 Å². The molecule has 0 saturated carbocycles. The van der Waals surface area contributed by atoms with Gasteiger partial charge in [0.15, 0.2) is 0 Å². The number of nitrogens with one attached hydrogen (secondary N) is 1. The number of hydrogen-bond acceptors (Lipinski definition) is 4. The molecule has 0 aromatic heterocycles. The Bertz CT molecular complexity index is 311. The summed E-state index contributed by atoms with van der Waals surface area (Å²) in [6, 6.07) is 0. The molecule has 0 aromatic carbocycles. The first-order chi connectivity index (χ1) is 7.95. The van der Waals surface area contributed by atoms with E-state index in [0.29, 0.717) is 26.2 Å². The monoisotopic (exact) mass is 265 g/mol. The van der Waals surface area contributed by atoms with Gasteiger partial charge in [0.2, 0.25) is 0 Å². The SMILES string of the molecule is CN(C)CCNS(=O)(=O)N1CCC(CO)CC1. The van der Waals surface area contributed by atoms with Crippen molar-refractivity contribution in [3.8, 4) is 0 Å². The summed E-state index contributed by atoms with van der Waals surface area (Å²) in [5.74, 6) is 0.253. The molecule has 1 heterocycles. The molecule has 1 saturated heterocycles. The minimum Gasteiger partial charge on any atom is -0.396 e. The maximum atomic E-state index is 11.9. The van der Waals surface area contributed by atoms with Crippen molar-refractivity contribution in [2.75, 3.05) is 46.9 Å². The largest absolute Gasteiger partial charge is 0.396 e. The van der Waals surface area contributed by atoms with E-state index in [1.165, 1.54) is 4.31 Å². The summed E-state index contributed by atoms with van der Waals surface area (Å²) in [5, 5.41) is 8.99. The van der Waals surface area contributed by atoms with Crippen LogP contribution in [0.5, 0.6) is 0 Å². The second kappa shape index (κ2) is 6.65. The number of rotatable bonds is 6. The number of hydrogen-bond donors (Lipinski definition) is 2. The summed E-state index contributed by atoms with van der Waals surface area (Å²) < 4.78 is 27.8. The zero-order chi connectivity index (χ0) is 12.9. The van der Waals surface area contributed by atoms with Crippen molar-refractivity contribution in [1.82, 2.24) is 13.9 Å². The summed E-state index contributed by atoms with van der Waals surface area (Å²) in [6.07, 6.45) is 1.48. The van der Waals surface area contributed by atoms with Gasteiger partial charge < -0.3 is 10.0 Å². The smallest absolute Gasteiger partial charge is 0.279 e. The van der Waals surface area contributed by atoms with Gasteiger partial charge in [-0.2, -0.15) is 12.7 Å². The first-order valence-corrected chi connectivity index (χ1v) is 7.40. The van der Waals surface area contributed by atoms with Gasteiger partial charge in [0.1, 0.15) is 0 Å². The first kappa shape index (κ1) is 14.8. The Balaban J connectivity index is 2.38. The van der Waals surface area contributed by atoms with E-state index in [2.05, 4.69) is 4.72 Å². The van der Waals surface area contributed by atoms with Crippen LogP contribution < -0.4 is 4.72 Å². The van der Waals surface area contributed by atoms with E-state index in [0.717, 1.165) is 12.8 Å². The third-order valence-electron chi connectivity index (χ3n) is 3.02. The molecule has 1 rings (SSSR count). The Morgan fingerprint density at radius 2 is 1.94 bits per heavy atom.